The second-order valence-corrected chi connectivity index (χ2v) is 6.01. The van der Waals surface area contributed by atoms with Crippen molar-refractivity contribution < 1.29 is 5.21 Å². The van der Waals surface area contributed by atoms with E-state index in [9.17, 15) is 0 Å². The fourth-order valence-corrected chi connectivity index (χ4v) is 2.42. The molecule has 100 valence electrons. The number of hydrogen-bond donors (Lipinski definition) is 2. The van der Waals surface area contributed by atoms with E-state index in [1.165, 1.54) is 0 Å². The van der Waals surface area contributed by atoms with Crippen LogP contribution >= 0.6 is 11.8 Å². The molecule has 0 aliphatic carbocycles. The number of oxime groups is 1. The lowest BCUT2D eigenvalue weighted by molar-refractivity contribution is 0.318. The Morgan fingerprint density at radius 3 is 2.39 bits per heavy atom. The van der Waals surface area contributed by atoms with Gasteiger partial charge in [-0.1, -0.05) is 25.9 Å². The monoisotopic (exact) mass is 268 g/mol. The van der Waals surface area contributed by atoms with Crippen molar-refractivity contribution >= 4 is 17.6 Å². The average molecular weight is 268 g/mol. The van der Waals surface area contributed by atoms with Crippen LogP contribution in [0.4, 0.5) is 0 Å². The Bertz CT molecular complexity index is 460. The molecule has 0 fully saturated rings. The maximum Gasteiger partial charge on any atom is 0.173 e. The van der Waals surface area contributed by atoms with E-state index in [1.54, 1.807) is 11.8 Å². The van der Waals surface area contributed by atoms with Gasteiger partial charge in [-0.05, 0) is 25.3 Å². The van der Waals surface area contributed by atoms with Gasteiger partial charge in [0.25, 0.3) is 0 Å². The molecule has 0 radical (unpaired) electrons. The minimum Gasteiger partial charge on any atom is -0.409 e. The van der Waals surface area contributed by atoms with E-state index in [-0.39, 0.29) is 5.84 Å². The second kappa shape index (κ2) is 6.04. The molecular weight excluding hydrogens is 248 g/mol. The van der Waals surface area contributed by atoms with Crippen molar-refractivity contribution in [3.05, 3.63) is 16.8 Å². The zero-order valence-electron chi connectivity index (χ0n) is 11.4. The van der Waals surface area contributed by atoms with E-state index in [0.29, 0.717) is 16.7 Å². The number of aryl methyl sites for hydroxylation is 1. The molecule has 5 nitrogen and oxygen atoms in total. The molecule has 0 saturated heterocycles. The zero-order valence-corrected chi connectivity index (χ0v) is 12.2. The van der Waals surface area contributed by atoms with Crippen molar-refractivity contribution in [2.24, 2.45) is 16.8 Å². The quantitative estimate of drug-likeness (QED) is 0.288. The van der Waals surface area contributed by atoms with Gasteiger partial charge in [0.1, 0.15) is 5.03 Å². The van der Waals surface area contributed by atoms with Gasteiger partial charge in [0.2, 0.25) is 0 Å². The third-order valence-corrected chi connectivity index (χ3v) is 4.45. The number of hydrogen-bond acceptors (Lipinski definition) is 5. The van der Waals surface area contributed by atoms with Crippen LogP contribution in [0, 0.1) is 19.8 Å². The zero-order chi connectivity index (χ0) is 13.9. The van der Waals surface area contributed by atoms with Crippen LogP contribution in [-0.4, -0.2) is 26.5 Å². The summed E-state index contributed by atoms with van der Waals surface area (Å²) in [6, 6.07) is 0. The van der Waals surface area contributed by atoms with E-state index in [0.717, 1.165) is 16.3 Å². The minimum absolute atomic E-state index is 0.0870. The normalized spacial score (nSPS) is 14.0. The molecule has 1 rings (SSSR count). The summed E-state index contributed by atoms with van der Waals surface area (Å²) in [5, 5.41) is 21.3. The summed E-state index contributed by atoms with van der Waals surface area (Å²) < 4.78 is 0. The van der Waals surface area contributed by atoms with E-state index >= 15 is 0 Å². The van der Waals surface area contributed by atoms with Gasteiger partial charge in [0.15, 0.2) is 5.84 Å². The Labute approximate surface area is 112 Å². The first-order valence-electron chi connectivity index (χ1n) is 5.86. The van der Waals surface area contributed by atoms with Gasteiger partial charge in [0, 0.05) is 5.25 Å². The highest BCUT2D eigenvalue weighted by atomic mass is 32.2. The predicted molar refractivity (Wildman–Crippen MR) is 74.2 cm³/mol. The lowest BCUT2D eigenvalue weighted by Gasteiger charge is -2.17. The lowest BCUT2D eigenvalue weighted by Crippen LogP contribution is -2.19. The van der Waals surface area contributed by atoms with Crippen LogP contribution in [0.1, 0.15) is 37.6 Å². The highest BCUT2D eigenvalue weighted by molar-refractivity contribution is 7.99. The van der Waals surface area contributed by atoms with Crippen LogP contribution < -0.4 is 5.73 Å². The van der Waals surface area contributed by atoms with Gasteiger partial charge in [-0.25, -0.2) is 0 Å². The van der Waals surface area contributed by atoms with Crippen LogP contribution in [0.25, 0.3) is 0 Å². The molecule has 0 aliphatic rings. The maximum atomic E-state index is 8.88. The first-order valence-corrected chi connectivity index (χ1v) is 6.74. The van der Waals surface area contributed by atoms with Crippen LogP contribution in [0.2, 0.25) is 0 Å². The highest BCUT2D eigenvalue weighted by Crippen LogP contribution is 2.30. The molecule has 0 aromatic carbocycles. The minimum atomic E-state index is 0.0870. The van der Waals surface area contributed by atoms with Crippen LogP contribution in [0.3, 0.4) is 0 Å². The number of rotatable bonds is 4. The van der Waals surface area contributed by atoms with E-state index in [2.05, 4.69) is 36.1 Å². The molecule has 1 aromatic rings. The summed E-state index contributed by atoms with van der Waals surface area (Å²) in [7, 11) is 0. The predicted octanol–water partition coefficient (Wildman–Crippen LogP) is 2.32. The Morgan fingerprint density at radius 2 is 1.89 bits per heavy atom. The van der Waals surface area contributed by atoms with Crippen molar-refractivity contribution in [1.29, 1.82) is 0 Å². The summed E-state index contributed by atoms with van der Waals surface area (Å²) in [4.78, 5) is 0. The summed E-state index contributed by atoms with van der Waals surface area (Å²) in [5.41, 5.74) is 8.11. The molecule has 3 N–H and O–H groups in total. The molecule has 1 unspecified atom stereocenters. The molecule has 18 heavy (non-hydrogen) atoms. The van der Waals surface area contributed by atoms with Gasteiger partial charge in [0.05, 0.1) is 11.3 Å². The third-order valence-electron chi connectivity index (χ3n) is 3.02. The third kappa shape index (κ3) is 3.13. The first kappa shape index (κ1) is 14.8. The van der Waals surface area contributed by atoms with E-state index < -0.39 is 0 Å². The molecule has 1 aromatic heterocycles. The largest absolute Gasteiger partial charge is 0.409 e. The van der Waals surface area contributed by atoms with Crippen molar-refractivity contribution in [2.45, 2.75) is 44.9 Å². The topological polar surface area (TPSA) is 84.4 Å². The molecule has 1 heterocycles. The van der Waals surface area contributed by atoms with Crippen molar-refractivity contribution in [1.82, 2.24) is 10.2 Å². The molecule has 0 amide bonds. The second-order valence-electron chi connectivity index (χ2n) is 4.64. The van der Waals surface area contributed by atoms with Crippen molar-refractivity contribution in [3.8, 4) is 0 Å². The molecule has 0 spiro atoms. The number of nitrogens with two attached hydrogens (primary N) is 1. The van der Waals surface area contributed by atoms with Gasteiger partial charge in [-0.3, -0.25) is 0 Å². The summed E-state index contributed by atoms with van der Waals surface area (Å²) in [6.45, 7) is 10.2. The van der Waals surface area contributed by atoms with E-state index in [1.807, 2.05) is 13.8 Å². The number of nitrogens with zero attached hydrogens (tertiary/aromatic N) is 3. The number of thioether (sulfide) groups is 1. The Kier molecular flexibility index (Phi) is 4.95. The standard InChI is InChI=1S/C12H20N4OS/c1-6(2)9(5)18-12-10(11(13)16-17)7(3)8(4)14-15-12/h6,9,17H,1-5H3,(H2,13,16). The molecule has 0 aliphatic heterocycles. The maximum absolute atomic E-state index is 8.88. The fourth-order valence-electron chi connectivity index (χ4n) is 1.33. The molecule has 0 saturated carbocycles. The van der Waals surface area contributed by atoms with Crippen molar-refractivity contribution in [2.75, 3.05) is 0 Å². The lowest BCUT2D eigenvalue weighted by atomic mass is 10.1. The Morgan fingerprint density at radius 1 is 1.28 bits per heavy atom. The number of aromatic nitrogens is 2. The SMILES string of the molecule is Cc1nnc(SC(C)C(C)C)c(C(N)=NO)c1C. The number of amidine groups is 1. The Hall–Kier alpha value is -1.30. The van der Waals surface area contributed by atoms with Crippen molar-refractivity contribution in [3.63, 3.8) is 0 Å². The van der Waals surface area contributed by atoms with Crippen LogP contribution in [0.15, 0.2) is 10.2 Å². The molecule has 6 heteroatoms. The fraction of sp³-hybridized carbons (Fsp3) is 0.583. The molecule has 0 bridgehead atoms. The van der Waals surface area contributed by atoms with Crippen LogP contribution in [-0.2, 0) is 0 Å². The van der Waals surface area contributed by atoms with E-state index in [4.69, 9.17) is 10.9 Å². The average Bonchev–Trinajstić information content (AvgIpc) is 2.33. The first-order chi connectivity index (χ1) is 8.38. The van der Waals surface area contributed by atoms with Gasteiger partial charge in [-0.15, -0.1) is 16.9 Å². The van der Waals surface area contributed by atoms with Crippen LogP contribution in [0.5, 0.6) is 0 Å². The van der Waals surface area contributed by atoms with Gasteiger partial charge < -0.3 is 10.9 Å². The summed E-state index contributed by atoms with van der Waals surface area (Å²) in [6.07, 6.45) is 0. The Balaban J connectivity index is 3.23. The summed E-state index contributed by atoms with van der Waals surface area (Å²) in [5.74, 6) is 0.600. The highest BCUT2D eigenvalue weighted by Gasteiger charge is 2.19. The molecule has 1 atom stereocenters. The summed E-state index contributed by atoms with van der Waals surface area (Å²) >= 11 is 1.60. The van der Waals surface area contributed by atoms with Gasteiger partial charge >= 0.3 is 0 Å². The van der Waals surface area contributed by atoms with Gasteiger partial charge in [-0.2, -0.15) is 5.10 Å². The molecular formula is C12H20N4OS. The smallest absolute Gasteiger partial charge is 0.173 e.